The molecule has 0 amide bonds. The molecule has 2 fully saturated rings. The second kappa shape index (κ2) is 9.51. The van der Waals surface area contributed by atoms with Crippen molar-refractivity contribution in [2.75, 3.05) is 13.1 Å². The molecule has 0 aliphatic heterocycles. The van der Waals surface area contributed by atoms with Gasteiger partial charge >= 0.3 is 0 Å². The molecule has 4 unspecified atom stereocenters. The first-order valence-corrected chi connectivity index (χ1v) is 10.3. The van der Waals surface area contributed by atoms with Gasteiger partial charge in [-0.25, -0.2) is 4.99 Å². The zero-order chi connectivity index (χ0) is 19.6. The van der Waals surface area contributed by atoms with Crippen LogP contribution < -0.4 is 10.6 Å². The summed E-state index contributed by atoms with van der Waals surface area (Å²) in [5.41, 5.74) is -0.285. The smallest absolute Gasteiger partial charge is 0.191 e. The molecule has 0 spiro atoms. The summed E-state index contributed by atoms with van der Waals surface area (Å²) in [5.74, 6) is 3.34. The number of fused-ring (bicyclic) bond motifs is 2. The monoisotopic (exact) mass is 513 g/mol. The molecule has 2 heterocycles. The van der Waals surface area contributed by atoms with Gasteiger partial charge in [0, 0.05) is 37.8 Å². The summed E-state index contributed by atoms with van der Waals surface area (Å²) in [7, 11) is 1.85. The van der Waals surface area contributed by atoms with Gasteiger partial charge in [-0.1, -0.05) is 6.42 Å². The first-order chi connectivity index (χ1) is 13.5. The number of aryl methyl sites for hydroxylation is 1. The second-order valence-electron chi connectivity index (χ2n) is 8.52. The van der Waals surface area contributed by atoms with Gasteiger partial charge in [0.25, 0.3) is 0 Å². The maximum absolute atomic E-state index is 10.9. The molecule has 0 saturated heterocycles. The van der Waals surface area contributed by atoms with Crippen LogP contribution in [0.2, 0.25) is 0 Å². The molecule has 4 atom stereocenters. The van der Waals surface area contributed by atoms with Crippen molar-refractivity contribution in [3.05, 3.63) is 42.1 Å². The molecule has 2 aliphatic rings. The molecule has 3 N–H and O–H groups in total. The van der Waals surface area contributed by atoms with E-state index in [-0.39, 0.29) is 30.5 Å². The molecule has 0 radical (unpaired) electrons. The van der Waals surface area contributed by atoms with Gasteiger partial charge < -0.3 is 20.2 Å². The number of hydrogen-bond donors (Lipinski definition) is 3. The molecule has 0 aromatic carbocycles. The summed E-state index contributed by atoms with van der Waals surface area (Å²) >= 11 is 0. The molecule has 7 nitrogen and oxygen atoms in total. The van der Waals surface area contributed by atoms with E-state index in [1.807, 2.05) is 25.4 Å². The fourth-order valence-electron chi connectivity index (χ4n) is 4.53. The molecule has 160 valence electrons. The number of guanidine groups is 1. The van der Waals surface area contributed by atoms with Crippen molar-refractivity contribution in [1.29, 1.82) is 0 Å². The van der Waals surface area contributed by atoms with Crippen molar-refractivity contribution in [3.63, 3.8) is 0 Å². The molecule has 2 saturated carbocycles. The Balaban J connectivity index is 0.00000240. The van der Waals surface area contributed by atoms with Crippen molar-refractivity contribution in [3.8, 4) is 0 Å². The van der Waals surface area contributed by atoms with Crippen molar-refractivity contribution >= 4 is 29.9 Å². The summed E-state index contributed by atoms with van der Waals surface area (Å²) in [4.78, 5) is 4.72. The SMILES string of the molecule is Cn1cc(C(C)(O)CN=C(NCCc2ccco2)NC2CC3CCC2C3)cn1.I. The fraction of sp³-hybridized carbons (Fsp3) is 0.619. The highest BCUT2D eigenvalue weighted by Gasteiger charge is 2.39. The van der Waals surface area contributed by atoms with E-state index in [1.54, 1.807) is 24.1 Å². The number of rotatable bonds is 7. The Morgan fingerprint density at radius 1 is 1.41 bits per heavy atom. The molecular weight excluding hydrogens is 481 g/mol. The minimum atomic E-state index is -1.06. The van der Waals surface area contributed by atoms with Gasteiger partial charge in [-0.15, -0.1) is 24.0 Å². The molecule has 2 aromatic rings. The lowest BCUT2D eigenvalue weighted by molar-refractivity contribution is 0.0671. The highest BCUT2D eigenvalue weighted by atomic mass is 127. The lowest BCUT2D eigenvalue weighted by Gasteiger charge is -2.26. The van der Waals surface area contributed by atoms with E-state index in [9.17, 15) is 5.11 Å². The van der Waals surface area contributed by atoms with Crippen molar-refractivity contribution in [2.24, 2.45) is 23.9 Å². The van der Waals surface area contributed by atoms with Gasteiger partial charge in [-0.3, -0.25) is 4.68 Å². The molecule has 2 aliphatic carbocycles. The van der Waals surface area contributed by atoms with Crippen LogP contribution in [0.1, 0.15) is 43.9 Å². The summed E-state index contributed by atoms with van der Waals surface area (Å²) in [6.07, 6.45) is 11.3. The Morgan fingerprint density at radius 3 is 2.90 bits per heavy atom. The largest absolute Gasteiger partial charge is 0.469 e. The van der Waals surface area contributed by atoms with E-state index in [1.165, 1.54) is 25.7 Å². The number of aromatic nitrogens is 2. The van der Waals surface area contributed by atoms with Gasteiger partial charge in [0.2, 0.25) is 0 Å². The summed E-state index contributed by atoms with van der Waals surface area (Å²) in [6.45, 7) is 2.79. The Hall–Kier alpha value is -1.55. The van der Waals surface area contributed by atoms with Gasteiger partial charge in [-0.05, 0) is 50.2 Å². The van der Waals surface area contributed by atoms with Crippen LogP contribution in [0.5, 0.6) is 0 Å². The number of aliphatic hydroxyl groups is 1. The summed E-state index contributed by atoms with van der Waals surface area (Å²) in [5, 5.41) is 22.1. The third-order valence-electron chi connectivity index (χ3n) is 6.18. The molecular formula is C21H32IN5O2. The van der Waals surface area contributed by atoms with E-state index in [0.29, 0.717) is 6.04 Å². The van der Waals surface area contributed by atoms with Crippen LogP contribution in [-0.2, 0) is 19.1 Å². The third kappa shape index (κ3) is 5.53. The number of nitrogens with one attached hydrogen (secondary N) is 2. The third-order valence-corrected chi connectivity index (χ3v) is 6.18. The molecule has 4 rings (SSSR count). The Bertz CT molecular complexity index is 802. The minimum absolute atomic E-state index is 0. The average Bonchev–Trinajstić information content (AvgIpc) is 3.44. The first-order valence-electron chi connectivity index (χ1n) is 10.3. The normalized spacial score (nSPS) is 25.5. The summed E-state index contributed by atoms with van der Waals surface area (Å²) in [6, 6.07) is 4.37. The van der Waals surface area contributed by atoms with E-state index in [2.05, 4.69) is 15.7 Å². The quantitative estimate of drug-likeness (QED) is 0.301. The maximum Gasteiger partial charge on any atom is 0.191 e. The fourth-order valence-corrected chi connectivity index (χ4v) is 4.53. The predicted molar refractivity (Wildman–Crippen MR) is 123 cm³/mol. The Morgan fingerprint density at radius 2 is 2.28 bits per heavy atom. The second-order valence-corrected chi connectivity index (χ2v) is 8.52. The topological polar surface area (TPSA) is 87.6 Å². The average molecular weight is 513 g/mol. The van der Waals surface area contributed by atoms with E-state index in [0.717, 1.165) is 42.1 Å². The number of halogens is 1. The number of furan rings is 1. The van der Waals surface area contributed by atoms with Crippen LogP contribution in [0.3, 0.4) is 0 Å². The zero-order valence-electron chi connectivity index (χ0n) is 17.2. The highest BCUT2D eigenvalue weighted by Crippen LogP contribution is 2.44. The van der Waals surface area contributed by atoms with E-state index in [4.69, 9.17) is 9.41 Å². The van der Waals surface area contributed by atoms with Crippen LogP contribution in [0, 0.1) is 11.8 Å². The lowest BCUT2D eigenvalue weighted by atomic mass is 9.95. The Labute approximate surface area is 189 Å². The Kier molecular flexibility index (Phi) is 7.26. The predicted octanol–water partition coefficient (Wildman–Crippen LogP) is 2.81. The van der Waals surface area contributed by atoms with Crippen molar-refractivity contribution < 1.29 is 9.52 Å². The van der Waals surface area contributed by atoms with Crippen LogP contribution in [-0.4, -0.2) is 40.0 Å². The number of nitrogens with zero attached hydrogens (tertiary/aromatic N) is 3. The van der Waals surface area contributed by atoms with Gasteiger partial charge in [0.15, 0.2) is 5.96 Å². The van der Waals surface area contributed by atoms with Crippen LogP contribution >= 0.6 is 24.0 Å². The van der Waals surface area contributed by atoms with Crippen molar-refractivity contribution in [2.45, 2.75) is 50.7 Å². The van der Waals surface area contributed by atoms with Gasteiger partial charge in [0.1, 0.15) is 11.4 Å². The van der Waals surface area contributed by atoms with Gasteiger partial charge in [0.05, 0.1) is 19.0 Å². The molecule has 29 heavy (non-hydrogen) atoms. The zero-order valence-corrected chi connectivity index (χ0v) is 19.5. The maximum atomic E-state index is 10.9. The standard InChI is InChI=1S/C21H31N5O2.HI/c1-21(27,17-12-24-26(2)13-17)14-23-20(22-8-7-18-4-3-9-28-18)25-19-11-15-5-6-16(19)10-15;/h3-4,9,12-13,15-16,19,27H,5-8,10-11,14H2,1-2H3,(H2,22,23,25);1H. The van der Waals surface area contributed by atoms with E-state index < -0.39 is 5.60 Å². The van der Waals surface area contributed by atoms with E-state index >= 15 is 0 Å². The summed E-state index contributed by atoms with van der Waals surface area (Å²) < 4.78 is 7.11. The molecule has 2 aromatic heterocycles. The first kappa shape index (κ1) is 22.1. The molecule has 2 bridgehead atoms. The minimum Gasteiger partial charge on any atom is -0.469 e. The van der Waals surface area contributed by atoms with Crippen LogP contribution in [0.15, 0.2) is 40.2 Å². The number of aliphatic imine (C=N–C) groups is 1. The molecule has 8 heteroatoms. The van der Waals surface area contributed by atoms with Crippen molar-refractivity contribution in [1.82, 2.24) is 20.4 Å². The number of hydrogen-bond acceptors (Lipinski definition) is 4. The van der Waals surface area contributed by atoms with Crippen LogP contribution in [0.25, 0.3) is 0 Å². The highest BCUT2D eigenvalue weighted by molar-refractivity contribution is 14.0. The van der Waals surface area contributed by atoms with Gasteiger partial charge in [-0.2, -0.15) is 5.10 Å². The lowest BCUT2D eigenvalue weighted by Crippen LogP contribution is -2.46. The van der Waals surface area contributed by atoms with Crippen LogP contribution in [0.4, 0.5) is 0 Å².